The summed E-state index contributed by atoms with van der Waals surface area (Å²) in [5.74, 6) is -0.284. The molecule has 0 atom stereocenters. The summed E-state index contributed by atoms with van der Waals surface area (Å²) in [6.07, 6.45) is 0. The van der Waals surface area contributed by atoms with Gasteiger partial charge in [0.1, 0.15) is 12.4 Å². The van der Waals surface area contributed by atoms with Gasteiger partial charge in [0, 0.05) is 12.2 Å². The van der Waals surface area contributed by atoms with Gasteiger partial charge in [-0.25, -0.2) is 4.79 Å². The molecule has 4 nitrogen and oxygen atoms in total. The number of aromatic carboxylic acids is 1. The summed E-state index contributed by atoms with van der Waals surface area (Å²) < 4.78 is 6.71. The predicted octanol–water partition coefficient (Wildman–Crippen LogP) is 5.99. The van der Waals surface area contributed by atoms with Crippen molar-refractivity contribution in [3.63, 3.8) is 0 Å². The molecule has 138 valence electrons. The van der Waals surface area contributed by atoms with Gasteiger partial charge in [-0.2, -0.15) is 0 Å². The standard InChI is InChI=1S/C21H17BrClNO3/c22-18-10-15(6-9-20(18)27-13-14-4-2-1-3-5-14)12-24-16-7-8-19(23)17(11-16)21(25)26/h1-11,24H,12-13H2,(H,25,26). The topological polar surface area (TPSA) is 58.6 Å². The predicted molar refractivity (Wildman–Crippen MR) is 111 cm³/mol. The van der Waals surface area contributed by atoms with Gasteiger partial charge in [-0.05, 0) is 57.4 Å². The Morgan fingerprint density at radius 3 is 2.52 bits per heavy atom. The molecule has 0 saturated heterocycles. The number of halogens is 2. The fraction of sp³-hybridized carbons (Fsp3) is 0.0952. The van der Waals surface area contributed by atoms with Gasteiger partial charge < -0.3 is 15.2 Å². The van der Waals surface area contributed by atoms with Gasteiger partial charge in [-0.3, -0.25) is 0 Å². The number of carboxylic acids is 1. The van der Waals surface area contributed by atoms with Crippen LogP contribution >= 0.6 is 27.5 Å². The van der Waals surface area contributed by atoms with Crippen LogP contribution in [0.15, 0.2) is 71.2 Å². The van der Waals surface area contributed by atoms with E-state index in [-0.39, 0.29) is 10.6 Å². The molecule has 0 radical (unpaired) electrons. The van der Waals surface area contributed by atoms with Crippen LogP contribution in [0.4, 0.5) is 5.69 Å². The van der Waals surface area contributed by atoms with E-state index in [1.54, 1.807) is 12.1 Å². The zero-order valence-corrected chi connectivity index (χ0v) is 16.6. The average molecular weight is 447 g/mol. The van der Waals surface area contributed by atoms with Crippen LogP contribution in [0.1, 0.15) is 21.5 Å². The fourth-order valence-corrected chi connectivity index (χ4v) is 3.25. The van der Waals surface area contributed by atoms with Crippen molar-refractivity contribution in [3.05, 3.63) is 92.9 Å². The highest BCUT2D eigenvalue weighted by Gasteiger charge is 2.09. The molecule has 0 aliphatic carbocycles. The summed E-state index contributed by atoms with van der Waals surface area (Å²) in [5, 5.41) is 12.6. The lowest BCUT2D eigenvalue weighted by atomic mass is 10.1. The van der Waals surface area contributed by atoms with Crippen LogP contribution in [0, 0.1) is 0 Å². The van der Waals surface area contributed by atoms with Crippen LogP contribution in [0.3, 0.4) is 0 Å². The molecule has 3 aromatic rings. The second-order valence-corrected chi connectivity index (χ2v) is 7.15. The Kier molecular flexibility index (Phi) is 6.37. The first-order valence-electron chi connectivity index (χ1n) is 8.25. The molecule has 0 unspecified atom stereocenters. The molecule has 0 fully saturated rings. The number of hydrogen-bond donors (Lipinski definition) is 2. The minimum atomic E-state index is -1.05. The SMILES string of the molecule is O=C(O)c1cc(NCc2ccc(OCc3ccccc3)c(Br)c2)ccc1Cl. The molecule has 6 heteroatoms. The molecule has 0 spiro atoms. The summed E-state index contributed by atoms with van der Waals surface area (Å²) in [7, 11) is 0. The Hall–Kier alpha value is -2.50. The summed E-state index contributed by atoms with van der Waals surface area (Å²) >= 11 is 9.43. The van der Waals surface area contributed by atoms with Crippen molar-refractivity contribution in [1.29, 1.82) is 0 Å². The van der Waals surface area contributed by atoms with Crippen LogP contribution < -0.4 is 10.1 Å². The Morgan fingerprint density at radius 1 is 1.04 bits per heavy atom. The second-order valence-electron chi connectivity index (χ2n) is 5.89. The van der Waals surface area contributed by atoms with E-state index in [1.165, 1.54) is 6.07 Å². The van der Waals surface area contributed by atoms with E-state index >= 15 is 0 Å². The molecule has 2 N–H and O–H groups in total. The van der Waals surface area contributed by atoms with E-state index in [1.807, 2.05) is 48.5 Å². The summed E-state index contributed by atoms with van der Waals surface area (Å²) in [6, 6.07) is 20.7. The number of anilines is 1. The molecular weight excluding hydrogens is 430 g/mol. The van der Waals surface area contributed by atoms with Gasteiger partial charge in [0.2, 0.25) is 0 Å². The number of nitrogens with one attached hydrogen (secondary N) is 1. The molecule has 0 aliphatic heterocycles. The number of ether oxygens (including phenoxy) is 1. The molecule has 3 rings (SSSR count). The van der Waals surface area contributed by atoms with Crippen LogP contribution in [-0.4, -0.2) is 11.1 Å². The van der Waals surface area contributed by atoms with Crippen molar-refractivity contribution in [2.24, 2.45) is 0 Å². The summed E-state index contributed by atoms with van der Waals surface area (Å²) in [4.78, 5) is 11.2. The van der Waals surface area contributed by atoms with Crippen molar-refractivity contribution in [2.75, 3.05) is 5.32 Å². The first-order valence-corrected chi connectivity index (χ1v) is 9.42. The highest BCUT2D eigenvalue weighted by Crippen LogP contribution is 2.27. The van der Waals surface area contributed by atoms with Crippen molar-refractivity contribution in [3.8, 4) is 5.75 Å². The minimum absolute atomic E-state index is 0.0764. The normalized spacial score (nSPS) is 10.4. The van der Waals surface area contributed by atoms with Crippen molar-refractivity contribution < 1.29 is 14.6 Å². The lowest BCUT2D eigenvalue weighted by molar-refractivity contribution is 0.0697. The number of rotatable bonds is 7. The number of carboxylic acid groups (broad SMARTS) is 1. The maximum Gasteiger partial charge on any atom is 0.337 e. The van der Waals surface area contributed by atoms with E-state index in [0.717, 1.165) is 21.3 Å². The number of carbonyl (C=O) groups is 1. The van der Waals surface area contributed by atoms with Gasteiger partial charge in [0.15, 0.2) is 0 Å². The third kappa shape index (κ3) is 5.25. The zero-order chi connectivity index (χ0) is 19.2. The largest absolute Gasteiger partial charge is 0.488 e. The molecule has 0 saturated carbocycles. The molecule has 0 amide bonds. The van der Waals surface area contributed by atoms with Crippen LogP contribution in [0.25, 0.3) is 0 Å². The molecule has 0 bridgehead atoms. The van der Waals surface area contributed by atoms with Crippen molar-refractivity contribution in [1.82, 2.24) is 0 Å². The van der Waals surface area contributed by atoms with Gasteiger partial charge in [-0.15, -0.1) is 0 Å². The first-order chi connectivity index (χ1) is 13.0. The fourth-order valence-electron chi connectivity index (χ4n) is 2.51. The van der Waals surface area contributed by atoms with Crippen LogP contribution in [0.2, 0.25) is 5.02 Å². The zero-order valence-electron chi connectivity index (χ0n) is 14.3. The third-order valence-corrected chi connectivity index (χ3v) is 4.88. The lowest BCUT2D eigenvalue weighted by Gasteiger charge is -2.12. The van der Waals surface area contributed by atoms with E-state index < -0.39 is 5.97 Å². The first kappa shape index (κ1) is 19.3. The van der Waals surface area contributed by atoms with Gasteiger partial charge >= 0.3 is 5.97 Å². The second kappa shape index (κ2) is 8.93. The lowest BCUT2D eigenvalue weighted by Crippen LogP contribution is -2.03. The van der Waals surface area contributed by atoms with Gasteiger partial charge in [0.25, 0.3) is 0 Å². The molecule has 3 aromatic carbocycles. The smallest absolute Gasteiger partial charge is 0.337 e. The van der Waals surface area contributed by atoms with E-state index in [2.05, 4.69) is 21.2 Å². The highest BCUT2D eigenvalue weighted by molar-refractivity contribution is 9.10. The minimum Gasteiger partial charge on any atom is -0.488 e. The summed E-state index contributed by atoms with van der Waals surface area (Å²) in [5.41, 5.74) is 2.90. The Morgan fingerprint density at radius 2 is 1.81 bits per heavy atom. The Labute approximate surface area is 170 Å². The molecular formula is C21H17BrClNO3. The highest BCUT2D eigenvalue weighted by atomic mass is 79.9. The van der Waals surface area contributed by atoms with E-state index in [0.29, 0.717) is 18.8 Å². The van der Waals surface area contributed by atoms with E-state index in [4.69, 9.17) is 21.4 Å². The molecule has 0 aromatic heterocycles. The summed E-state index contributed by atoms with van der Waals surface area (Å²) in [6.45, 7) is 1.04. The quantitative estimate of drug-likeness (QED) is 0.468. The monoisotopic (exact) mass is 445 g/mol. The van der Waals surface area contributed by atoms with E-state index in [9.17, 15) is 4.79 Å². The third-order valence-electron chi connectivity index (χ3n) is 3.93. The van der Waals surface area contributed by atoms with Crippen LogP contribution in [0.5, 0.6) is 5.75 Å². The molecule has 0 heterocycles. The Bertz CT molecular complexity index is 947. The maximum absolute atomic E-state index is 11.2. The van der Waals surface area contributed by atoms with Crippen molar-refractivity contribution >= 4 is 39.2 Å². The maximum atomic E-state index is 11.2. The van der Waals surface area contributed by atoms with Crippen molar-refractivity contribution in [2.45, 2.75) is 13.2 Å². The molecule has 27 heavy (non-hydrogen) atoms. The number of hydrogen-bond acceptors (Lipinski definition) is 3. The van der Waals surface area contributed by atoms with Gasteiger partial charge in [0.05, 0.1) is 15.1 Å². The average Bonchev–Trinajstić information content (AvgIpc) is 2.67. The molecule has 0 aliphatic rings. The van der Waals surface area contributed by atoms with Crippen LogP contribution in [-0.2, 0) is 13.2 Å². The Balaban J connectivity index is 1.62. The number of benzene rings is 3. The van der Waals surface area contributed by atoms with Gasteiger partial charge in [-0.1, -0.05) is 48.0 Å².